The second-order valence-electron chi connectivity index (χ2n) is 2.77. The Morgan fingerprint density at radius 3 is 2.62 bits per heavy atom. The molecule has 0 fully saturated rings. The maximum Gasteiger partial charge on any atom is 0.325 e. The highest BCUT2D eigenvalue weighted by atomic mass is 16.5. The van der Waals surface area contributed by atoms with E-state index in [1.807, 2.05) is 0 Å². The summed E-state index contributed by atoms with van der Waals surface area (Å²) in [5, 5.41) is 2.45. The van der Waals surface area contributed by atoms with Crippen LogP contribution in [0.25, 0.3) is 0 Å². The van der Waals surface area contributed by atoms with Crippen LogP contribution < -0.4 is 11.1 Å². The first kappa shape index (κ1) is 11.9. The Bertz CT molecular complexity index is 182. The molecule has 5 nitrogen and oxygen atoms in total. The fraction of sp³-hybridized carbons (Fsp3) is 0.750. The van der Waals surface area contributed by atoms with Gasteiger partial charge in [0, 0.05) is 5.92 Å². The number of esters is 1. The first-order valence-corrected chi connectivity index (χ1v) is 4.16. The number of rotatable bonds is 5. The minimum atomic E-state index is -0.451. The molecule has 0 heterocycles. The van der Waals surface area contributed by atoms with E-state index in [9.17, 15) is 9.59 Å². The van der Waals surface area contributed by atoms with Gasteiger partial charge in [0.1, 0.15) is 6.54 Å². The highest BCUT2D eigenvalue weighted by Crippen LogP contribution is 1.98. The van der Waals surface area contributed by atoms with Gasteiger partial charge in [0.2, 0.25) is 5.91 Å². The molecule has 1 atom stereocenters. The van der Waals surface area contributed by atoms with Gasteiger partial charge in [0.15, 0.2) is 0 Å². The average molecular weight is 188 g/mol. The largest absolute Gasteiger partial charge is 0.468 e. The number of nitrogens with one attached hydrogen (secondary N) is 1. The van der Waals surface area contributed by atoms with Crippen molar-refractivity contribution in [3.05, 3.63) is 0 Å². The van der Waals surface area contributed by atoms with Crippen LogP contribution in [0.2, 0.25) is 0 Å². The van der Waals surface area contributed by atoms with Crippen LogP contribution in [-0.4, -0.2) is 32.1 Å². The molecule has 0 aliphatic heterocycles. The second-order valence-corrected chi connectivity index (χ2v) is 2.77. The zero-order valence-corrected chi connectivity index (χ0v) is 8.00. The Kier molecular flexibility index (Phi) is 5.88. The summed E-state index contributed by atoms with van der Waals surface area (Å²) < 4.78 is 4.36. The number of hydrogen-bond donors (Lipinski definition) is 2. The van der Waals surface area contributed by atoms with Crippen molar-refractivity contribution in [1.29, 1.82) is 0 Å². The smallest absolute Gasteiger partial charge is 0.325 e. The zero-order chi connectivity index (χ0) is 10.3. The number of ether oxygens (including phenoxy) is 1. The normalized spacial score (nSPS) is 11.9. The molecule has 0 aromatic rings. The third-order valence-corrected chi connectivity index (χ3v) is 1.68. The van der Waals surface area contributed by atoms with Crippen molar-refractivity contribution < 1.29 is 14.3 Å². The van der Waals surface area contributed by atoms with E-state index in [1.165, 1.54) is 7.11 Å². The minimum absolute atomic E-state index is 0.0791. The number of nitrogens with two attached hydrogens (primary N) is 1. The molecule has 1 amide bonds. The van der Waals surface area contributed by atoms with Crippen molar-refractivity contribution in [3.8, 4) is 0 Å². The zero-order valence-electron chi connectivity index (χ0n) is 8.00. The second kappa shape index (κ2) is 6.42. The fourth-order valence-electron chi connectivity index (χ4n) is 0.787. The summed E-state index contributed by atoms with van der Waals surface area (Å²) in [6.45, 7) is 2.15. The lowest BCUT2D eigenvalue weighted by molar-refractivity contribution is -0.141. The van der Waals surface area contributed by atoms with Gasteiger partial charge in [-0.1, -0.05) is 6.92 Å². The molecule has 0 aromatic carbocycles. The highest BCUT2D eigenvalue weighted by Gasteiger charge is 2.12. The van der Waals surface area contributed by atoms with Crippen LogP contribution in [0.3, 0.4) is 0 Å². The molecule has 0 aromatic heterocycles. The van der Waals surface area contributed by atoms with Gasteiger partial charge in [-0.3, -0.25) is 9.59 Å². The van der Waals surface area contributed by atoms with Crippen LogP contribution in [0.15, 0.2) is 0 Å². The van der Waals surface area contributed by atoms with Gasteiger partial charge < -0.3 is 15.8 Å². The summed E-state index contributed by atoms with van der Waals surface area (Å²) in [6.07, 6.45) is 0.618. The van der Waals surface area contributed by atoms with E-state index in [2.05, 4.69) is 10.1 Å². The van der Waals surface area contributed by atoms with E-state index in [-0.39, 0.29) is 18.4 Å². The van der Waals surface area contributed by atoms with E-state index >= 15 is 0 Å². The molecule has 3 N–H and O–H groups in total. The topological polar surface area (TPSA) is 81.4 Å². The van der Waals surface area contributed by atoms with Gasteiger partial charge in [-0.15, -0.1) is 0 Å². The molecule has 1 unspecified atom stereocenters. The van der Waals surface area contributed by atoms with Crippen molar-refractivity contribution in [2.45, 2.75) is 13.3 Å². The van der Waals surface area contributed by atoms with Crippen molar-refractivity contribution in [3.63, 3.8) is 0 Å². The highest BCUT2D eigenvalue weighted by molar-refractivity contribution is 5.83. The molecule has 0 bridgehead atoms. The summed E-state index contributed by atoms with van der Waals surface area (Å²) in [4.78, 5) is 21.8. The molecule has 13 heavy (non-hydrogen) atoms. The van der Waals surface area contributed by atoms with E-state index in [0.29, 0.717) is 13.0 Å². The Morgan fingerprint density at radius 2 is 2.15 bits per heavy atom. The predicted molar refractivity (Wildman–Crippen MR) is 47.9 cm³/mol. The summed E-state index contributed by atoms with van der Waals surface area (Å²) in [5.74, 6) is -0.779. The number of methoxy groups -OCH3 is 1. The third-order valence-electron chi connectivity index (χ3n) is 1.68. The molecule has 0 aliphatic rings. The number of amides is 1. The Hall–Kier alpha value is -1.10. The Balaban J connectivity index is 3.67. The SMILES string of the molecule is COC(=O)CNC(=O)C(C)CCN. The molecule has 0 spiro atoms. The van der Waals surface area contributed by atoms with Gasteiger partial charge in [0.05, 0.1) is 7.11 Å². The van der Waals surface area contributed by atoms with Gasteiger partial charge in [-0.05, 0) is 13.0 Å². The van der Waals surface area contributed by atoms with Gasteiger partial charge in [0.25, 0.3) is 0 Å². The first-order valence-electron chi connectivity index (χ1n) is 4.16. The minimum Gasteiger partial charge on any atom is -0.468 e. The maximum atomic E-state index is 11.2. The molecular weight excluding hydrogens is 172 g/mol. The van der Waals surface area contributed by atoms with Crippen molar-refractivity contribution >= 4 is 11.9 Å². The lowest BCUT2D eigenvalue weighted by Crippen LogP contribution is -2.34. The van der Waals surface area contributed by atoms with Crippen LogP contribution in [0.4, 0.5) is 0 Å². The van der Waals surface area contributed by atoms with E-state index in [4.69, 9.17) is 5.73 Å². The van der Waals surface area contributed by atoms with Crippen molar-refractivity contribution in [1.82, 2.24) is 5.32 Å². The lowest BCUT2D eigenvalue weighted by atomic mass is 10.1. The quantitative estimate of drug-likeness (QED) is 0.557. The predicted octanol–water partition coefficient (Wildman–Crippen LogP) is -0.739. The lowest BCUT2D eigenvalue weighted by Gasteiger charge is -2.09. The fourth-order valence-corrected chi connectivity index (χ4v) is 0.787. The molecule has 0 saturated carbocycles. The average Bonchev–Trinajstić information content (AvgIpc) is 2.13. The van der Waals surface area contributed by atoms with E-state index in [0.717, 1.165) is 0 Å². The third kappa shape index (κ3) is 5.19. The molecule has 0 saturated heterocycles. The summed E-state index contributed by atoms with van der Waals surface area (Å²) in [7, 11) is 1.28. The van der Waals surface area contributed by atoms with Crippen LogP contribution in [0.1, 0.15) is 13.3 Å². The monoisotopic (exact) mass is 188 g/mol. The van der Waals surface area contributed by atoms with Gasteiger partial charge in [-0.25, -0.2) is 0 Å². The summed E-state index contributed by atoms with van der Waals surface area (Å²) >= 11 is 0. The van der Waals surface area contributed by atoms with Crippen molar-refractivity contribution in [2.24, 2.45) is 11.7 Å². The Labute approximate surface area is 77.6 Å². The maximum absolute atomic E-state index is 11.2. The molecule has 0 radical (unpaired) electrons. The summed E-state index contributed by atoms with van der Waals surface area (Å²) in [6, 6.07) is 0. The van der Waals surface area contributed by atoms with Gasteiger partial charge >= 0.3 is 5.97 Å². The Morgan fingerprint density at radius 1 is 1.54 bits per heavy atom. The van der Waals surface area contributed by atoms with Crippen LogP contribution >= 0.6 is 0 Å². The van der Waals surface area contributed by atoms with Crippen LogP contribution in [0.5, 0.6) is 0 Å². The molecular formula is C8H16N2O3. The standard InChI is InChI=1S/C8H16N2O3/c1-6(3-4-9)8(12)10-5-7(11)13-2/h6H,3-5,9H2,1-2H3,(H,10,12). The first-order chi connectivity index (χ1) is 6.11. The summed E-state index contributed by atoms with van der Waals surface area (Å²) in [5.41, 5.74) is 5.28. The molecule has 0 rings (SSSR count). The number of hydrogen-bond acceptors (Lipinski definition) is 4. The van der Waals surface area contributed by atoms with Crippen molar-refractivity contribution in [2.75, 3.05) is 20.2 Å². The number of carbonyl (C=O) groups excluding carboxylic acids is 2. The molecule has 5 heteroatoms. The van der Waals surface area contributed by atoms with Crippen LogP contribution in [-0.2, 0) is 14.3 Å². The van der Waals surface area contributed by atoms with Gasteiger partial charge in [-0.2, -0.15) is 0 Å². The van der Waals surface area contributed by atoms with E-state index < -0.39 is 5.97 Å². The van der Waals surface area contributed by atoms with Crippen LogP contribution in [0, 0.1) is 5.92 Å². The molecule has 0 aliphatic carbocycles. The van der Waals surface area contributed by atoms with E-state index in [1.54, 1.807) is 6.92 Å². The number of carbonyl (C=O) groups is 2. The molecule has 76 valence electrons.